The van der Waals surface area contributed by atoms with Crippen molar-refractivity contribution >= 4 is 18.1 Å². The summed E-state index contributed by atoms with van der Waals surface area (Å²) >= 11 is 0. The number of aromatic nitrogens is 3. The van der Waals surface area contributed by atoms with E-state index in [4.69, 9.17) is 5.73 Å². The number of aromatic amines is 1. The van der Waals surface area contributed by atoms with Crippen molar-refractivity contribution in [2.75, 3.05) is 0 Å². The van der Waals surface area contributed by atoms with Gasteiger partial charge in [0.05, 0.1) is 17.4 Å². The summed E-state index contributed by atoms with van der Waals surface area (Å²) in [5.74, 6) is -0.341. The first-order chi connectivity index (χ1) is 9.16. The van der Waals surface area contributed by atoms with Crippen molar-refractivity contribution < 1.29 is 4.39 Å². The van der Waals surface area contributed by atoms with Crippen molar-refractivity contribution in [3.8, 4) is 11.3 Å². The van der Waals surface area contributed by atoms with Gasteiger partial charge in [0, 0.05) is 18.0 Å². The van der Waals surface area contributed by atoms with E-state index in [0.29, 0.717) is 16.9 Å². The summed E-state index contributed by atoms with van der Waals surface area (Å²) in [6, 6.07) is 3.92. The summed E-state index contributed by atoms with van der Waals surface area (Å²) in [5.41, 5.74) is 8.97. The van der Waals surface area contributed by atoms with E-state index >= 15 is 0 Å². The van der Waals surface area contributed by atoms with Gasteiger partial charge in [0.25, 0.3) is 5.56 Å². The number of nitrogens with two attached hydrogens (primary N) is 1. The van der Waals surface area contributed by atoms with Gasteiger partial charge in [-0.1, -0.05) is 0 Å². The van der Waals surface area contributed by atoms with E-state index in [0.717, 1.165) is 11.3 Å². The molecule has 0 fully saturated rings. The van der Waals surface area contributed by atoms with Gasteiger partial charge in [0.15, 0.2) is 0 Å². The number of nitrogens with zero attached hydrogens (tertiary/aromatic N) is 2. The molecule has 0 spiro atoms. The summed E-state index contributed by atoms with van der Waals surface area (Å²) in [6.07, 6.45) is 3.23. The molecule has 5 nitrogen and oxygen atoms in total. The zero-order valence-corrected chi connectivity index (χ0v) is 10.9. The van der Waals surface area contributed by atoms with Crippen LogP contribution in [0.25, 0.3) is 16.9 Å². The summed E-state index contributed by atoms with van der Waals surface area (Å²) in [6.45, 7) is 0. The molecule has 4 rings (SSSR count). The van der Waals surface area contributed by atoms with Crippen LogP contribution < -0.4 is 11.3 Å². The number of rotatable bonds is 0. The second-order valence-corrected chi connectivity index (χ2v) is 4.54. The maximum absolute atomic E-state index is 13.3. The highest BCUT2D eigenvalue weighted by Gasteiger charge is 2.30. The maximum Gasteiger partial charge on any atom is 0.292 e. The minimum Gasteiger partial charge on any atom is -0.319 e. The smallest absolute Gasteiger partial charge is 0.292 e. The Bertz CT molecular complexity index is 886. The normalized spacial score (nSPS) is 15.8. The number of H-pyrrole nitrogens is 1. The standard InChI is InChI=1S/C13H9FN4O.ClH/c14-6-1-2-7-8(5-6)9(15)11-10(7)17-13(19)12-16-3-4-18(11)12;/h1-5,9H,15H2,(H,17,19);1H. The molecule has 3 N–H and O–H groups in total. The van der Waals surface area contributed by atoms with Crippen molar-refractivity contribution in [3.63, 3.8) is 0 Å². The highest BCUT2D eigenvalue weighted by Crippen LogP contribution is 2.40. The average molecular weight is 293 g/mol. The van der Waals surface area contributed by atoms with Crippen LogP contribution in [0, 0.1) is 5.82 Å². The molecule has 7 heteroatoms. The van der Waals surface area contributed by atoms with Gasteiger partial charge >= 0.3 is 0 Å². The monoisotopic (exact) mass is 292 g/mol. The third-order valence-electron chi connectivity index (χ3n) is 3.51. The lowest BCUT2D eigenvalue weighted by Crippen LogP contribution is -2.18. The van der Waals surface area contributed by atoms with Gasteiger partial charge in [0.1, 0.15) is 5.82 Å². The second-order valence-electron chi connectivity index (χ2n) is 4.54. The summed E-state index contributed by atoms with van der Waals surface area (Å²) in [4.78, 5) is 18.7. The molecule has 0 radical (unpaired) electrons. The first kappa shape index (κ1) is 12.8. The zero-order chi connectivity index (χ0) is 13.1. The van der Waals surface area contributed by atoms with Gasteiger partial charge in [0.2, 0.25) is 5.65 Å². The lowest BCUT2D eigenvalue weighted by Gasteiger charge is -2.08. The number of hydrogen-bond donors (Lipinski definition) is 2. The number of benzene rings is 1. The third-order valence-corrected chi connectivity index (χ3v) is 3.51. The van der Waals surface area contributed by atoms with Crippen molar-refractivity contribution in [1.29, 1.82) is 0 Å². The molecule has 102 valence electrons. The number of halogens is 2. The van der Waals surface area contributed by atoms with Crippen LogP contribution >= 0.6 is 12.4 Å². The van der Waals surface area contributed by atoms with Crippen LogP contribution in [-0.2, 0) is 0 Å². The summed E-state index contributed by atoms with van der Waals surface area (Å²) in [7, 11) is 0. The second kappa shape index (κ2) is 4.16. The molecule has 2 heterocycles. The van der Waals surface area contributed by atoms with Crippen LogP contribution in [-0.4, -0.2) is 14.4 Å². The molecule has 20 heavy (non-hydrogen) atoms. The van der Waals surface area contributed by atoms with Crippen LogP contribution in [0.1, 0.15) is 17.3 Å². The SMILES string of the molecule is Cl.NC1c2cc(F)ccc2-c2[nH]c(=O)c3nccn3c21. The van der Waals surface area contributed by atoms with E-state index in [1.165, 1.54) is 12.1 Å². The number of fused-ring (bicyclic) bond motifs is 5. The minimum atomic E-state index is -0.478. The topological polar surface area (TPSA) is 76.2 Å². The molecule has 0 saturated heterocycles. The van der Waals surface area contributed by atoms with Gasteiger partial charge < -0.3 is 10.7 Å². The fraction of sp³-hybridized carbons (Fsp3) is 0.0769. The number of hydrogen-bond acceptors (Lipinski definition) is 3. The van der Waals surface area contributed by atoms with E-state index in [1.807, 2.05) is 0 Å². The molecule has 0 saturated carbocycles. The molecule has 1 atom stereocenters. The molecule has 3 aromatic rings. The molecule has 0 aliphatic heterocycles. The molecule has 0 amide bonds. The molecular weight excluding hydrogens is 283 g/mol. The van der Waals surface area contributed by atoms with Gasteiger partial charge in [-0.25, -0.2) is 9.37 Å². The maximum atomic E-state index is 13.3. The minimum absolute atomic E-state index is 0. The Morgan fingerprint density at radius 3 is 3.00 bits per heavy atom. The number of imidazole rings is 1. The van der Waals surface area contributed by atoms with E-state index in [-0.39, 0.29) is 23.8 Å². The van der Waals surface area contributed by atoms with Crippen LogP contribution in [0.4, 0.5) is 4.39 Å². The highest BCUT2D eigenvalue weighted by molar-refractivity contribution is 5.85. The van der Waals surface area contributed by atoms with Crippen LogP contribution in [0.3, 0.4) is 0 Å². The Labute approximate surface area is 118 Å². The van der Waals surface area contributed by atoms with Crippen molar-refractivity contribution in [2.45, 2.75) is 6.04 Å². The molecule has 1 aliphatic rings. The molecule has 0 bridgehead atoms. The van der Waals surface area contributed by atoms with Gasteiger partial charge in [-0.15, -0.1) is 12.4 Å². The van der Waals surface area contributed by atoms with Crippen molar-refractivity contribution in [1.82, 2.24) is 14.4 Å². The fourth-order valence-electron chi connectivity index (χ4n) is 2.70. The predicted octanol–water partition coefficient (Wildman–Crippen LogP) is 1.61. The lowest BCUT2D eigenvalue weighted by atomic mass is 10.1. The average Bonchev–Trinajstić information content (AvgIpc) is 2.95. The molecular formula is C13H10ClFN4O. The molecule has 1 aliphatic carbocycles. The van der Waals surface area contributed by atoms with Crippen LogP contribution in [0.15, 0.2) is 35.4 Å². The third kappa shape index (κ3) is 1.46. The predicted molar refractivity (Wildman–Crippen MR) is 74.5 cm³/mol. The molecule has 1 unspecified atom stereocenters. The van der Waals surface area contributed by atoms with E-state index in [9.17, 15) is 9.18 Å². The zero-order valence-electron chi connectivity index (χ0n) is 10.1. The van der Waals surface area contributed by atoms with Crippen molar-refractivity contribution in [3.05, 3.63) is 58.0 Å². The lowest BCUT2D eigenvalue weighted by molar-refractivity contribution is 0.624. The van der Waals surface area contributed by atoms with E-state index < -0.39 is 6.04 Å². The van der Waals surface area contributed by atoms with Gasteiger partial charge in [-0.05, 0) is 23.8 Å². The molecule has 2 aromatic heterocycles. The largest absolute Gasteiger partial charge is 0.319 e. The van der Waals surface area contributed by atoms with Crippen molar-refractivity contribution in [2.24, 2.45) is 5.73 Å². The van der Waals surface area contributed by atoms with Gasteiger partial charge in [-0.3, -0.25) is 9.20 Å². The Kier molecular flexibility index (Phi) is 2.67. The Morgan fingerprint density at radius 1 is 1.40 bits per heavy atom. The first-order valence-corrected chi connectivity index (χ1v) is 5.81. The highest BCUT2D eigenvalue weighted by atomic mass is 35.5. The Morgan fingerprint density at radius 2 is 2.20 bits per heavy atom. The van der Waals surface area contributed by atoms with Gasteiger partial charge in [-0.2, -0.15) is 0 Å². The Hall–Kier alpha value is -2.18. The molecule has 1 aromatic carbocycles. The van der Waals surface area contributed by atoms with E-state index in [2.05, 4.69) is 9.97 Å². The Balaban J connectivity index is 0.00000121. The fourth-order valence-corrected chi connectivity index (χ4v) is 2.70. The number of nitrogens with one attached hydrogen (secondary N) is 1. The van der Waals surface area contributed by atoms with E-state index in [1.54, 1.807) is 22.9 Å². The summed E-state index contributed by atoms with van der Waals surface area (Å²) < 4.78 is 15.0. The van der Waals surface area contributed by atoms with Crippen LogP contribution in [0.5, 0.6) is 0 Å². The first-order valence-electron chi connectivity index (χ1n) is 5.81. The van der Waals surface area contributed by atoms with Crippen LogP contribution in [0.2, 0.25) is 0 Å². The summed E-state index contributed by atoms with van der Waals surface area (Å²) in [5, 5.41) is 0. The quantitative estimate of drug-likeness (QED) is 0.661.